The first kappa shape index (κ1) is 15.0. The Labute approximate surface area is 119 Å². The van der Waals surface area contributed by atoms with Crippen LogP contribution in [0.1, 0.15) is 42.5 Å². The van der Waals surface area contributed by atoms with Crippen LogP contribution < -0.4 is 5.11 Å². The number of carboxylic acids is 1. The summed E-state index contributed by atoms with van der Waals surface area (Å²) < 4.78 is 26.4. The normalized spacial score (nSPS) is 17.3. The molecule has 1 aromatic rings. The van der Waals surface area contributed by atoms with Gasteiger partial charge in [-0.15, -0.1) is 0 Å². The molecule has 1 fully saturated rings. The average Bonchev–Trinajstić information content (AvgIpc) is 2.47. The van der Waals surface area contributed by atoms with Crippen LogP contribution in [-0.2, 0) is 10.0 Å². The van der Waals surface area contributed by atoms with Crippen molar-refractivity contribution in [2.75, 3.05) is 7.05 Å². The molecule has 1 aliphatic carbocycles. The highest BCUT2D eigenvalue weighted by Gasteiger charge is 2.28. The lowest BCUT2D eigenvalue weighted by atomic mass is 9.96. The first-order valence-corrected chi connectivity index (χ1v) is 8.16. The standard InChI is InChI=1S/C14H19NO4S/c1-15(12-5-3-2-4-6-12)20(18,19)13-9-7-11(8-10-13)14(16)17/h7-10,12H,2-6H2,1H3,(H,16,17)/p-1. The number of benzene rings is 1. The molecule has 1 saturated carbocycles. The van der Waals surface area contributed by atoms with Gasteiger partial charge in [0.05, 0.1) is 10.9 Å². The van der Waals surface area contributed by atoms with Crippen LogP contribution in [0.5, 0.6) is 0 Å². The highest BCUT2D eigenvalue weighted by molar-refractivity contribution is 7.89. The van der Waals surface area contributed by atoms with Gasteiger partial charge >= 0.3 is 0 Å². The van der Waals surface area contributed by atoms with Crippen LogP contribution in [0.15, 0.2) is 29.2 Å². The lowest BCUT2D eigenvalue weighted by Crippen LogP contribution is -2.38. The molecular weight excluding hydrogens is 278 g/mol. The summed E-state index contributed by atoms with van der Waals surface area (Å²) in [5.74, 6) is -1.31. The SMILES string of the molecule is CN(C1CCCCC1)S(=O)(=O)c1ccc(C(=O)[O-])cc1. The molecular formula is C14H18NO4S-. The van der Waals surface area contributed by atoms with Gasteiger partial charge in [-0.3, -0.25) is 0 Å². The second-order valence-electron chi connectivity index (χ2n) is 5.12. The summed E-state index contributed by atoms with van der Waals surface area (Å²) in [6, 6.07) is 5.20. The van der Waals surface area contributed by atoms with Gasteiger partial charge in [0, 0.05) is 13.1 Å². The summed E-state index contributed by atoms with van der Waals surface area (Å²) in [4.78, 5) is 10.8. The maximum Gasteiger partial charge on any atom is 0.243 e. The van der Waals surface area contributed by atoms with Crippen molar-refractivity contribution in [3.63, 3.8) is 0 Å². The molecule has 0 amide bonds. The zero-order valence-corrected chi connectivity index (χ0v) is 12.2. The van der Waals surface area contributed by atoms with Gasteiger partial charge in [-0.2, -0.15) is 4.31 Å². The Morgan fingerprint density at radius 1 is 1.15 bits per heavy atom. The number of rotatable bonds is 4. The minimum absolute atomic E-state index is 0.0238. The summed E-state index contributed by atoms with van der Waals surface area (Å²) in [5, 5.41) is 10.7. The highest BCUT2D eigenvalue weighted by atomic mass is 32.2. The van der Waals surface area contributed by atoms with Gasteiger partial charge in [0.2, 0.25) is 10.0 Å². The van der Waals surface area contributed by atoms with Crippen LogP contribution in [0.2, 0.25) is 0 Å². The predicted octanol–water partition coefficient (Wildman–Crippen LogP) is 1.00. The van der Waals surface area contributed by atoms with Crippen molar-refractivity contribution in [1.29, 1.82) is 0 Å². The monoisotopic (exact) mass is 296 g/mol. The Kier molecular flexibility index (Phi) is 4.45. The first-order valence-electron chi connectivity index (χ1n) is 6.72. The van der Waals surface area contributed by atoms with Crippen molar-refractivity contribution in [2.45, 2.75) is 43.0 Å². The summed E-state index contributed by atoms with van der Waals surface area (Å²) in [6.45, 7) is 0. The van der Waals surface area contributed by atoms with Crippen LogP contribution in [0.3, 0.4) is 0 Å². The van der Waals surface area contributed by atoms with Gasteiger partial charge in [-0.1, -0.05) is 31.4 Å². The van der Waals surface area contributed by atoms with Crippen molar-refractivity contribution >= 4 is 16.0 Å². The zero-order valence-electron chi connectivity index (χ0n) is 11.4. The number of hydrogen-bond acceptors (Lipinski definition) is 4. The Balaban J connectivity index is 2.22. The number of sulfonamides is 1. The third-order valence-corrected chi connectivity index (χ3v) is 5.78. The molecule has 20 heavy (non-hydrogen) atoms. The van der Waals surface area contributed by atoms with Crippen LogP contribution in [0.25, 0.3) is 0 Å². The Morgan fingerprint density at radius 3 is 2.20 bits per heavy atom. The number of carbonyl (C=O) groups excluding carboxylic acids is 1. The molecule has 0 saturated heterocycles. The van der Waals surface area contributed by atoms with Gasteiger partial charge in [-0.25, -0.2) is 8.42 Å². The van der Waals surface area contributed by atoms with E-state index in [0.717, 1.165) is 32.1 Å². The number of hydrogen-bond donors (Lipinski definition) is 0. The fraction of sp³-hybridized carbons (Fsp3) is 0.500. The summed E-state index contributed by atoms with van der Waals surface area (Å²) in [6.07, 6.45) is 5.02. The summed E-state index contributed by atoms with van der Waals surface area (Å²) >= 11 is 0. The van der Waals surface area contributed by atoms with Gasteiger partial charge in [0.15, 0.2) is 0 Å². The molecule has 0 unspecified atom stereocenters. The molecule has 0 bridgehead atoms. The quantitative estimate of drug-likeness (QED) is 0.830. The fourth-order valence-electron chi connectivity index (χ4n) is 2.57. The Morgan fingerprint density at radius 2 is 1.70 bits per heavy atom. The Bertz CT molecular complexity index is 574. The van der Waals surface area contributed by atoms with E-state index in [-0.39, 0.29) is 16.5 Å². The van der Waals surface area contributed by atoms with Gasteiger partial charge < -0.3 is 9.90 Å². The highest BCUT2D eigenvalue weighted by Crippen LogP contribution is 2.26. The van der Waals surface area contributed by atoms with E-state index in [1.165, 1.54) is 28.6 Å². The zero-order chi connectivity index (χ0) is 14.8. The topological polar surface area (TPSA) is 77.5 Å². The number of nitrogens with zero attached hydrogens (tertiary/aromatic N) is 1. The number of aromatic carboxylic acids is 1. The van der Waals surface area contributed by atoms with Crippen molar-refractivity contribution in [3.05, 3.63) is 29.8 Å². The van der Waals surface area contributed by atoms with E-state index in [2.05, 4.69) is 0 Å². The minimum Gasteiger partial charge on any atom is -0.545 e. The van der Waals surface area contributed by atoms with Gasteiger partial charge in [0.25, 0.3) is 0 Å². The lowest BCUT2D eigenvalue weighted by Gasteiger charge is -2.30. The number of carbonyl (C=O) groups is 1. The van der Waals surface area contributed by atoms with Gasteiger partial charge in [-0.05, 0) is 30.5 Å². The van der Waals surface area contributed by atoms with E-state index in [4.69, 9.17) is 0 Å². The largest absolute Gasteiger partial charge is 0.545 e. The van der Waals surface area contributed by atoms with Gasteiger partial charge in [0.1, 0.15) is 0 Å². The molecule has 0 spiro atoms. The maximum atomic E-state index is 12.5. The first-order chi connectivity index (χ1) is 9.43. The summed E-state index contributed by atoms with van der Waals surface area (Å²) in [7, 11) is -1.97. The van der Waals surface area contributed by atoms with E-state index in [0.29, 0.717) is 0 Å². The molecule has 0 aliphatic heterocycles. The fourth-order valence-corrected chi connectivity index (χ4v) is 3.99. The van der Waals surface area contributed by atoms with E-state index in [9.17, 15) is 18.3 Å². The molecule has 110 valence electrons. The molecule has 2 rings (SSSR count). The van der Waals surface area contributed by atoms with Crippen LogP contribution in [0, 0.1) is 0 Å². The van der Waals surface area contributed by atoms with E-state index < -0.39 is 16.0 Å². The number of carboxylic acid groups (broad SMARTS) is 1. The third-order valence-electron chi connectivity index (χ3n) is 3.86. The second kappa shape index (κ2) is 5.93. The molecule has 5 nitrogen and oxygen atoms in total. The molecule has 0 radical (unpaired) electrons. The smallest absolute Gasteiger partial charge is 0.243 e. The van der Waals surface area contributed by atoms with E-state index >= 15 is 0 Å². The molecule has 0 aromatic heterocycles. The summed E-state index contributed by atoms with van der Waals surface area (Å²) in [5.41, 5.74) is -0.0238. The maximum absolute atomic E-state index is 12.5. The van der Waals surface area contributed by atoms with Crippen LogP contribution in [-0.4, -0.2) is 31.8 Å². The van der Waals surface area contributed by atoms with Crippen molar-refractivity contribution in [2.24, 2.45) is 0 Å². The molecule has 0 heterocycles. The molecule has 1 aliphatic rings. The van der Waals surface area contributed by atoms with E-state index in [1.54, 1.807) is 7.05 Å². The lowest BCUT2D eigenvalue weighted by molar-refractivity contribution is -0.255. The third kappa shape index (κ3) is 3.02. The molecule has 6 heteroatoms. The van der Waals surface area contributed by atoms with Crippen LogP contribution in [0.4, 0.5) is 0 Å². The Hall–Kier alpha value is -1.40. The molecule has 0 N–H and O–H groups in total. The van der Waals surface area contributed by atoms with Crippen molar-refractivity contribution in [1.82, 2.24) is 4.31 Å². The predicted molar refractivity (Wildman–Crippen MR) is 72.6 cm³/mol. The average molecular weight is 296 g/mol. The molecule has 0 atom stereocenters. The van der Waals surface area contributed by atoms with Crippen LogP contribution >= 0.6 is 0 Å². The second-order valence-corrected chi connectivity index (χ2v) is 7.12. The van der Waals surface area contributed by atoms with Crippen molar-refractivity contribution in [3.8, 4) is 0 Å². The molecule has 1 aromatic carbocycles. The minimum atomic E-state index is -3.56. The van der Waals surface area contributed by atoms with Crippen molar-refractivity contribution < 1.29 is 18.3 Å². The van der Waals surface area contributed by atoms with E-state index in [1.807, 2.05) is 0 Å².